The number of halogens is 1. The molecule has 11 heteroatoms. The van der Waals surface area contributed by atoms with Crippen LogP contribution >= 0.6 is 12.4 Å². The molecule has 0 saturated carbocycles. The molecule has 0 radical (unpaired) electrons. The van der Waals surface area contributed by atoms with E-state index in [0.717, 1.165) is 11.4 Å². The van der Waals surface area contributed by atoms with E-state index < -0.39 is 18.0 Å². The monoisotopic (exact) mass is 436 g/mol. The lowest BCUT2D eigenvalue weighted by molar-refractivity contribution is -0.136. The fraction of sp³-hybridized carbons (Fsp3) is 0.368. The molecule has 1 atom stereocenters. The van der Waals surface area contributed by atoms with Crippen LogP contribution in [0.25, 0.3) is 5.69 Å². The van der Waals surface area contributed by atoms with Crippen LogP contribution in [0.1, 0.15) is 12.1 Å². The summed E-state index contributed by atoms with van der Waals surface area (Å²) in [4.78, 5) is 38.8. The van der Waals surface area contributed by atoms with Gasteiger partial charge >= 0.3 is 6.09 Å². The number of rotatable bonds is 5. The van der Waals surface area contributed by atoms with Crippen LogP contribution in [0.5, 0.6) is 5.88 Å². The largest absolute Gasteiger partial charge is 0.416 e. The molecule has 0 bridgehead atoms. The molecule has 30 heavy (non-hydrogen) atoms. The molecule has 4 N–H and O–H groups in total. The Labute approximate surface area is 180 Å². The Morgan fingerprint density at radius 2 is 1.70 bits per heavy atom. The zero-order valence-corrected chi connectivity index (χ0v) is 17.4. The topological polar surface area (TPSA) is 137 Å². The predicted octanol–water partition coefficient (Wildman–Crippen LogP) is 0.448. The second-order valence-electron chi connectivity index (χ2n) is 6.83. The fourth-order valence-electron chi connectivity index (χ4n) is 3.10. The summed E-state index contributed by atoms with van der Waals surface area (Å²) in [5, 5.41) is 4.37. The summed E-state index contributed by atoms with van der Waals surface area (Å²) in [6, 6.07) is 10.1. The lowest BCUT2D eigenvalue weighted by Crippen LogP contribution is -2.55. The SMILES string of the molecule is Cc1cc(OC(=O)N2CCN(C(=O)C(N)CC(N)=O)CC2)n(-c2ccccc2)n1.Cl. The minimum Gasteiger partial charge on any atom is -0.391 e. The minimum atomic E-state index is -0.964. The van der Waals surface area contributed by atoms with Crippen molar-refractivity contribution in [2.75, 3.05) is 26.2 Å². The van der Waals surface area contributed by atoms with Gasteiger partial charge in [0.25, 0.3) is 0 Å². The number of nitrogens with zero attached hydrogens (tertiary/aromatic N) is 4. The van der Waals surface area contributed by atoms with Crippen molar-refractivity contribution < 1.29 is 19.1 Å². The van der Waals surface area contributed by atoms with Crippen molar-refractivity contribution in [3.8, 4) is 11.6 Å². The van der Waals surface area contributed by atoms with E-state index in [-0.39, 0.29) is 24.7 Å². The number of para-hydroxylation sites is 1. The van der Waals surface area contributed by atoms with E-state index in [1.165, 1.54) is 9.80 Å². The highest BCUT2D eigenvalue weighted by atomic mass is 35.5. The Bertz CT molecular complexity index is 896. The Kier molecular flexibility index (Phi) is 7.79. The third-order valence-electron chi connectivity index (χ3n) is 4.58. The number of hydrogen-bond acceptors (Lipinski definition) is 6. The van der Waals surface area contributed by atoms with Crippen LogP contribution in [0.3, 0.4) is 0 Å². The Morgan fingerprint density at radius 3 is 2.30 bits per heavy atom. The van der Waals surface area contributed by atoms with E-state index in [2.05, 4.69) is 5.10 Å². The first-order valence-corrected chi connectivity index (χ1v) is 9.26. The van der Waals surface area contributed by atoms with Gasteiger partial charge in [-0.05, 0) is 19.1 Å². The maximum absolute atomic E-state index is 12.6. The Hall–Kier alpha value is -3.11. The number of aryl methyl sites for hydroxylation is 1. The molecule has 1 fully saturated rings. The molecule has 1 aromatic heterocycles. The Balaban J connectivity index is 0.00000320. The number of benzene rings is 1. The third-order valence-corrected chi connectivity index (χ3v) is 4.58. The molecule has 162 valence electrons. The van der Waals surface area contributed by atoms with Gasteiger partial charge in [0.05, 0.1) is 23.8 Å². The van der Waals surface area contributed by atoms with E-state index >= 15 is 0 Å². The van der Waals surface area contributed by atoms with Gasteiger partial charge in [0, 0.05) is 32.2 Å². The molecular weight excluding hydrogens is 412 g/mol. The van der Waals surface area contributed by atoms with Crippen LogP contribution in [0, 0.1) is 6.92 Å². The number of carbonyl (C=O) groups excluding carboxylic acids is 3. The van der Waals surface area contributed by atoms with Gasteiger partial charge < -0.3 is 26.0 Å². The van der Waals surface area contributed by atoms with Gasteiger partial charge in [0.2, 0.25) is 17.7 Å². The summed E-state index contributed by atoms with van der Waals surface area (Å²) in [6.07, 6.45) is -0.722. The highest BCUT2D eigenvalue weighted by molar-refractivity contribution is 5.87. The van der Waals surface area contributed by atoms with Crippen molar-refractivity contribution in [3.05, 3.63) is 42.1 Å². The first kappa shape index (κ1) is 23.2. The average Bonchev–Trinajstić information content (AvgIpc) is 3.07. The van der Waals surface area contributed by atoms with Gasteiger partial charge in [-0.25, -0.2) is 9.48 Å². The van der Waals surface area contributed by atoms with Crippen LogP contribution in [0.4, 0.5) is 4.79 Å². The summed E-state index contributed by atoms with van der Waals surface area (Å²) >= 11 is 0. The van der Waals surface area contributed by atoms with Gasteiger partial charge in [-0.3, -0.25) is 9.59 Å². The summed E-state index contributed by atoms with van der Waals surface area (Å²) in [5.41, 5.74) is 12.3. The number of aromatic nitrogens is 2. The lowest BCUT2D eigenvalue weighted by Gasteiger charge is -2.35. The molecular formula is C19H25ClN6O4. The number of ether oxygens (including phenoxy) is 1. The van der Waals surface area contributed by atoms with Gasteiger partial charge in [0.1, 0.15) is 0 Å². The summed E-state index contributed by atoms with van der Waals surface area (Å²) in [5.74, 6) is -0.659. The number of nitrogens with two attached hydrogens (primary N) is 2. The van der Waals surface area contributed by atoms with Crippen molar-refractivity contribution in [2.24, 2.45) is 11.5 Å². The molecule has 3 amide bonds. The second-order valence-corrected chi connectivity index (χ2v) is 6.83. The van der Waals surface area contributed by atoms with Crippen molar-refractivity contribution in [1.29, 1.82) is 0 Å². The molecule has 3 rings (SSSR count). The molecule has 0 aliphatic carbocycles. The average molecular weight is 437 g/mol. The minimum absolute atomic E-state index is 0. The molecule has 1 aliphatic heterocycles. The van der Waals surface area contributed by atoms with Gasteiger partial charge in [-0.1, -0.05) is 18.2 Å². The molecule has 10 nitrogen and oxygen atoms in total. The van der Waals surface area contributed by atoms with E-state index in [1.807, 2.05) is 37.3 Å². The summed E-state index contributed by atoms with van der Waals surface area (Å²) in [7, 11) is 0. The first-order valence-electron chi connectivity index (χ1n) is 9.26. The van der Waals surface area contributed by atoms with Crippen LogP contribution in [-0.4, -0.2) is 69.7 Å². The van der Waals surface area contributed by atoms with Gasteiger partial charge in [-0.15, -0.1) is 12.4 Å². The van der Waals surface area contributed by atoms with E-state index in [1.54, 1.807) is 10.7 Å². The maximum atomic E-state index is 12.6. The molecule has 2 heterocycles. The highest BCUT2D eigenvalue weighted by Crippen LogP contribution is 2.20. The summed E-state index contributed by atoms with van der Waals surface area (Å²) in [6.45, 7) is 3.02. The maximum Gasteiger partial charge on any atom is 0.416 e. The molecule has 1 aromatic carbocycles. The van der Waals surface area contributed by atoms with Crippen molar-refractivity contribution in [3.63, 3.8) is 0 Å². The van der Waals surface area contributed by atoms with Crippen molar-refractivity contribution in [2.45, 2.75) is 19.4 Å². The zero-order valence-electron chi connectivity index (χ0n) is 16.6. The highest BCUT2D eigenvalue weighted by Gasteiger charge is 2.29. The van der Waals surface area contributed by atoms with Crippen LogP contribution in [0.2, 0.25) is 0 Å². The number of primary amides is 1. The normalized spacial score (nSPS) is 14.6. The smallest absolute Gasteiger partial charge is 0.391 e. The lowest BCUT2D eigenvalue weighted by atomic mass is 10.1. The number of hydrogen-bond donors (Lipinski definition) is 2. The standard InChI is InChI=1S/C19H24N6O4.ClH/c1-13-11-17(25(22-13)14-5-3-2-4-6-14)29-19(28)24-9-7-23(8-10-24)18(27)15(20)12-16(21)26;/h2-6,11,15H,7-10,12,20H2,1H3,(H2,21,26);1H. The van der Waals surface area contributed by atoms with E-state index in [0.29, 0.717) is 32.1 Å². The summed E-state index contributed by atoms with van der Waals surface area (Å²) < 4.78 is 7.12. The van der Waals surface area contributed by atoms with E-state index in [4.69, 9.17) is 16.2 Å². The van der Waals surface area contributed by atoms with Crippen molar-refractivity contribution >= 4 is 30.3 Å². The van der Waals surface area contributed by atoms with Crippen LogP contribution in [0.15, 0.2) is 36.4 Å². The number of carbonyl (C=O) groups is 3. The molecule has 1 aliphatic rings. The first-order chi connectivity index (χ1) is 13.8. The fourth-order valence-corrected chi connectivity index (χ4v) is 3.10. The second kappa shape index (κ2) is 10.1. The van der Waals surface area contributed by atoms with Crippen molar-refractivity contribution in [1.82, 2.24) is 19.6 Å². The van der Waals surface area contributed by atoms with Gasteiger partial charge in [0.15, 0.2) is 0 Å². The molecule has 0 spiro atoms. The molecule has 1 saturated heterocycles. The van der Waals surface area contributed by atoms with E-state index in [9.17, 15) is 14.4 Å². The predicted molar refractivity (Wildman–Crippen MR) is 112 cm³/mol. The molecule has 2 aromatic rings. The zero-order chi connectivity index (χ0) is 21.0. The third kappa shape index (κ3) is 5.49. The number of amides is 3. The van der Waals surface area contributed by atoms with Crippen LogP contribution < -0.4 is 16.2 Å². The van der Waals surface area contributed by atoms with Crippen LogP contribution in [-0.2, 0) is 9.59 Å². The molecule has 1 unspecified atom stereocenters. The number of piperazine rings is 1. The van der Waals surface area contributed by atoms with Gasteiger partial charge in [-0.2, -0.15) is 5.10 Å². The quantitative estimate of drug-likeness (QED) is 0.698. The Morgan fingerprint density at radius 1 is 1.10 bits per heavy atom.